The third-order valence-electron chi connectivity index (χ3n) is 2.27. The summed E-state index contributed by atoms with van der Waals surface area (Å²) < 4.78 is 4.84. The summed E-state index contributed by atoms with van der Waals surface area (Å²) in [5, 5.41) is 9.08. The normalized spacial score (nSPS) is 15.5. The van der Waals surface area contributed by atoms with Gasteiger partial charge in [0, 0.05) is 26.2 Å². The number of hydrogen-bond acceptors (Lipinski definition) is 3. The molecule has 17 heavy (non-hydrogen) atoms. The second-order valence-electron chi connectivity index (χ2n) is 3.96. The second-order valence-corrected chi connectivity index (χ2v) is 3.96. The topological polar surface area (TPSA) is 74.8 Å². The molecule has 98 valence electrons. The Labute approximate surface area is 102 Å². The molecule has 6 heteroatoms. The van der Waals surface area contributed by atoms with Crippen LogP contribution in [0.25, 0.3) is 0 Å². The summed E-state index contributed by atoms with van der Waals surface area (Å²) in [5.74, 6) is 0.631. The van der Waals surface area contributed by atoms with Crippen LogP contribution in [0.15, 0.2) is 4.99 Å². The van der Waals surface area contributed by atoms with E-state index in [4.69, 9.17) is 4.74 Å². The Morgan fingerprint density at radius 2 is 2.18 bits per heavy atom. The monoisotopic (exact) mass is 242 g/mol. The van der Waals surface area contributed by atoms with Crippen LogP contribution in [0.4, 0.5) is 0 Å². The van der Waals surface area contributed by atoms with Crippen molar-refractivity contribution in [2.75, 3.05) is 33.4 Å². The van der Waals surface area contributed by atoms with Crippen LogP contribution in [0.1, 0.15) is 19.8 Å². The van der Waals surface area contributed by atoms with Gasteiger partial charge in [-0.15, -0.1) is 0 Å². The lowest BCUT2D eigenvalue weighted by molar-refractivity contribution is -0.119. The summed E-state index contributed by atoms with van der Waals surface area (Å²) in [6.45, 7) is 3.99. The molecule has 0 spiro atoms. The molecule has 0 aromatic heterocycles. The molecular formula is C11H22N4O2. The summed E-state index contributed by atoms with van der Waals surface area (Å²) in [5.41, 5.74) is 0. The maximum Gasteiger partial charge on any atom is 0.241 e. The minimum absolute atomic E-state index is 0.0879. The smallest absolute Gasteiger partial charge is 0.241 e. The number of aliphatic imine (C=N–C) groups is 1. The van der Waals surface area contributed by atoms with E-state index in [-0.39, 0.29) is 12.5 Å². The number of carbonyl (C=O) groups is 1. The maximum atomic E-state index is 11.4. The van der Waals surface area contributed by atoms with E-state index >= 15 is 0 Å². The van der Waals surface area contributed by atoms with Gasteiger partial charge < -0.3 is 20.7 Å². The summed E-state index contributed by atoms with van der Waals surface area (Å²) in [4.78, 5) is 15.6. The van der Waals surface area contributed by atoms with Gasteiger partial charge in [0.2, 0.25) is 5.91 Å². The quantitative estimate of drug-likeness (QED) is 0.319. The maximum absolute atomic E-state index is 11.4. The van der Waals surface area contributed by atoms with Crippen LogP contribution < -0.4 is 16.0 Å². The summed E-state index contributed by atoms with van der Waals surface area (Å²) in [7, 11) is 1.60. The van der Waals surface area contributed by atoms with Gasteiger partial charge in [-0.05, 0) is 19.8 Å². The van der Waals surface area contributed by atoms with Crippen LogP contribution in [0, 0.1) is 0 Å². The fourth-order valence-corrected chi connectivity index (χ4v) is 1.24. The van der Waals surface area contributed by atoms with Crippen molar-refractivity contribution in [3.05, 3.63) is 0 Å². The molecule has 3 N–H and O–H groups in total. The number of amides is 1. The highest BCUT2D eigenvalue weighted by molar-refractivity contribution is 5.85. The average molecular weight is 242 g/mol. The van der Waals surface area contributed by atoms with E-state index in [0.717, 1.165) is 12.5 Å². The van der Waals surface area contributed by atoms with Crippen molar-refractivity contribution < 1.29 is 9.53 Å². The van der Waals surface area contributed by atoms with E-state index in [1.165, 1.54) is 12.8 Å². The molecule has 0 atom stereocenters. The van der Waals surface area contributed by atoms with Gasteiger partial charge in [-0.2, -0.15) is 0 Å². The van der Waals surface area contributed by atoms with Crippen LogP contribution >= 0.6 is 0 Å². The number of hydrogen-bond donors (Lipinski definition) is 3. The third kappa shape index (κ3) is 6.78. The van der Waals surface area contributed by atoms with Crippen LogP contribution in [0.5, 0.6) is 0 Å². The Kier molecular flexibility index (Phi) is 6.39. The lowest BCUT2D eigenvalue weighted by Gasteiger charge is -2.10. The fraction of sp³-hybridized carbons (Fsp3) is 0.818. The molecule has 0 aromatic carbocycles. The van der Waals surface area contributed by atoms with E-state index in [0.29, 0.717) is 19.2 Å². The van der Waals surface area contributed by atoms with Gasteiger partial charge in [-0.25, -0.2) is 4.99 Å². The zero-order valence-corrected chi connectivity index (χ0v) is 10.6. The predicted molar refractivity (Wildman–Crippen MR) is 67.0 cm³/mol. The molecule has 0 radical (unpaired) electrons. The first-order chi connectivity index (χ1) is 8.26. The molecule has 0 unspecified atom stereocenters. The molecule has 1 rings (SSSR count). The van der Waals surface area contributed by atoms with Crippen LogP contribution in [-0.4, -0.2) is 51.3 Å². The number of ether oxygens (including phenoxy) is 1. The van der Waals surface area contributed by atoms with Gasteiger partial charge in [-0.1, -0.05) is 0 Å². The first kappa shape index (κ1) is 13.8. The number of carbonyl (C=O) groups excluding carboxylic acids is 1. The number of rotatable bonds is 7. The largest absolute Gasteiger partial charge is 0.383 e. The Bertz CT molecular complexity index is 264. The van der Waals surface area contributed by atoms with E-state index in [9.17, 15) is 4.79 Å². The molecular weight excluding hydrogens is 220 g/mol. The SMILES string of the molecule is CCNC(=NCC(=O)NCCOC)NC1CC1. The van der Waals surface area contributed by atoms with Gasteiger partial charge in [0.1, 0.15) is 6.54 Å². The Morgan fingerprint density at radius 1 is 1.41 bits per heavy atom. The molecule has 0 saturated heterocycles. The molecule has 0 aliphatic heterocycles. The van der Waals surface area contributed by atoms with E-state index in [1.54, 1.807) is 7.11 Å². The van der Waals surface area contributed by atoms with Gasteiger partial charge >= 0.3 is 0 Å². The summed E-state index contributed by atoms with van der Waals surface area (Å²) in [6.07, 6.45) is 2.37. The predicted octanol–water partition coefficient (Wildman–Crippen LogP) is -0.533. The molecule has 6 nitrogen and oxygen atoms in total. The zero-order chi connectivity index (χ0) is 12.5. The molecule has 1 amide bonds. The van der Waals surface area contributed by atoms with Crippen molar-refractivity contribution in [1.29, 1.82) is 0 Å². The summed E-state index contributed by atoms with van der Waals surface area (Å²) in [6, 6.07) is 0.532. The van der Waals surface area contributed by atoms with Crippen molar-refractivity contribution in [3.8, 4) is 0 Å². The molecule has 1 saturated carbocycles. The number of guanidine groups is 1. The standard InChI is InChI=1S/C11H22N4O2/c1-3-12-11(15-9-4-5-9)14-8-10(16)13-6-7-17-2/h9H,3-8H2,1-2H3,(H,13,16)(H2,12,14,15). The number of nitrogens with zero attached hydrogens (tertiary/aromatic N) is 1. The second kappa shape index (κ2) is 7.89. The van der Waals surface area contributed by atoms with Crippen molar-refractivity contribution >= 4 is 11.9 Å². The van der Waals surface area contributed by atoms with Gasteiger partial charge in [0.05, 0.1) is 6.61 Å². The lowest BCUT2D eigenvalue weighted by Crippen LogP contribution is -2.39. The lowest BCUT2D eigenvalue weighted by atomic mass is 10.5. The fourth-order valence-electron chi connectivity index (χ4n) is 1.24. The van der Waals surface area contributed by atoms with Crippen LogP contribution in [0.2, 0.25) is 0 Å². The van der Waals surface area contributed by atoms with Gasteiger partial charge in [0.25, 0.3) is 0 Å². The molecule has 0 aromatic rings. The third-order valence-corrected chi connectivity index (χ3v) is 2.27. The molecule has 1 fully saturated rings. The van der Waals surface area contributed by atoms with E-state index < -0.39 is 0 Å². The molecule has 0 heterocycles. The zero-order valence-electron chi connectivity index (χ0n) is 10.6. The summed E-state index contributed by atoms with van der Waals surface area (Å²) >= 11 is 0. The average Bonchev–Trinajstić information content (AvgIpc) is 3.10. The van der Waals surface area contributed by atoms with E-state index in [2.05, 4.69) is 20.9 Å². The highest BCUT2D eigenvalue weighted by Crippen LogP contribution is 2.18. The first-order valence-electron chi connectivity index (χ1n) is 6.06. The van der Waals surface area contributed by atoms with E-state index in [1.807, 2.05) is 6.92 Å². The van der Waals surface area contributed by atoms with Crippen molar-refractivity contribution in [1.82, 2.24) is 16.0 Å². The highest BCUT2D eigenvalue weighted by Gasteiger charge is 2.22. The highest BCUT2D eigenvalue weighted by atomic mass is 16.5. The van der Waals surface area contributed by atoms with Crippen LogP contribution in [0.3, 0.4) is 0 Å². The molecule has 0 bridgehead atoms. The first-order valence-corrected chi connectivity index (χ1v) is 6.06. The van der Waals surface area contributed by atoms with Gasteiger partial charge in [-0.3, -0.25) is 4.79 Å². The minimum Gasteiger partial charge on any atom is -0.383 e. The Balaban J connectivity index is 2.23. The number of nitrogens with one attached hydrogen (secondary N) is 3. The minimum atomic E-state index is -0.0879. The van der Waals surface area contributed by atoms with Gasteiger partial charge in [0.15, 0.2) is 5.96 Å². The Morgan fingerprint density at radius 3 is 2.76 bits per heavy atom. The van der Waals surface area contributed by atoms with Crippen molar-refractivity contribution in [3.63, 3.8) is 0 Å². The van der Waals surface area contributed by atoms with Crippen molar-refractivity contribution in [2.45, 2.75) is 25.8 Å². The molecule has 1 aliphatic carbocycles. The number of methoxy groups -OCH3 is 1. The van der Waals surface area contributed by atoms with Crippen molar-refractivity contribution in [2.24, 2.45) is 4.99 Å². The molecule has 1 aliphatic rings. The Hall–Kier alpha value is -1.30. The van der Waals surface area contributed by atoms with Crippen LogP contribution in [-0.2, 0) is 9.53 Å².